The van der Waals surface area contributed by atoms with Crippen LogP contribution >= 0.6 is 0 Å². The van der Waals surface area contributed by atoms with E-state index in [0.29, 0.717) is 29.8 Å². The van der Waals surface area contributed by atoms with E-state index in [0.717, 1.165) is 13.1 Å². The monoisotopic (exact) mass is 361 g/mol. The van der Waals surface area contributed by atoms with E-state index in [1.165, 1.54) is 21.3 Å². The zero-order chi connectivity index (χ0) is 18.4. The molecule has 8 nitrogen and oxygen atoms in total. The Morgan fingerprint density at radius 1 is 1.15 bits per heavy atom. The Kier molecular flexibility index (Phi) is 4.03. The van der Waals surface area contributed by atoms with Gasteiger partial charge in [0, 0.05) is 39.6 Å². The number of hydrogen-bond acceptors (Lipinski definition) is 5. The number of piperazine rings is 1. The van der Waals surface area contributed by atoms with E-state index in [1.807, 2.05) is 4.90 Å². The predicted molar refractivity (Wildman–Crippen MR) is 93.6 cm³/mol. The number of carbonyl (C=O) groups excluding carboxylic acids is 2. The average Bonchev–Trinajstić information content (AvgIpc) is 2.86. The Balaban J connectivity index is 1.91. The molecule has 4 rings (SSSR count). The number of imide groups is 1. The van der Waals surface area contributed by atoms with Crippen LogP contribution in [0.25, 0.3) is 11.0 Å². The van der Waals surface area contributed by atoms with Gasteiger partial charge < -0.3 is 10.2 Å². The number of piperidine rings is 1. The zero-order valence-electron chi connectivity index (χ0n) is 14.4. The molecule has 138 valence electrons. The molecule has 2 aliphatic rings. The van der Waals surface area contributed by atoms with Gasteiger partial charge in [-0.1, -0.05) is 0 Å². The minimum absolute atomic E-state index is 0.152. The Labute approximate surface area is 148 Å². The van der Waals surface area contributed by atoms with E-state index in [4.69, 9.17) is 0 Å². The fourth-order valence-corrected chi connectivity index (χ4v) is 3.83. The summed E-state index contributed by atoms with van der Waals surface area (Å²) in [6, 6.07) is 1.90. The molecule has 9 heteroatoms. The number of aromatic nitrogens is 2. The molecule has 0 saturated carbocycles. The van der Waals surface area contributed by atoms with Crippen LogP contribution in [0.4, 0.5) is 10.1 Å². The van der Waals surface area contributed by atoms with Gasteiger partial charge in [-0.3, -0.25) is 24.0 Å². The van der Waals surface area contributed by atoms with Crippen molar-refractivity contribution in [3.8, 4) is 0 Å². The van der Waals surface area contributed by atoms with Crippen molar-refractivity contribution in [3.05, 3.63) is 28.4 Å². The topological polar surface area (TPSA) is 88.4 Å². The SMILES string of the molecule is Cn1c(=O)n(C2CCC(=O)NC2=O)c2cc(F)cc(N3CCNCC3)c21. The molecule has 2 aliphatic heterocycles. The van der Waals surface area contributed by atoms with Gasteiger partial charge in [-0.25, -0.2) is 9.18 Å². The third-order valence-electron chi connectivity index (χ3n) is 5.10. The number of aryl methyl sites for hydroxylation is 1. The Morgan fingerprint density at radius 3 is 2.58 bits per heavy atom. The molecular formula is C17H20FN5O3. The van der Waals surface area contributed by atoms with Crippen LogP contribution < -0.4 is 21.2 Å². The molecule has 2 N–H and O–H groups in total. The second-order valence-corrected chi connectivity index (χ2v) is 6.71. The first-order valence-electron chi connectivity index (χ1n) is 8.67. The highest BCUT2D eigenvalue weighted by Gasteiger charge is 2.32. The van der Waals surface area contributed by atoms with Gasteiger partial charge in [-0.05, 0) is 18.6 Å². The summed E-state index contributed by atoms with van der Waals surface area (Å²) in [4.78, 5) is 38.6. The first kappa shape index (κ1) is 16.8. The Bertz CT molecular complexity index is 957. The molecule has 3 heterocycles. The highest BCUT2D eigenvalue weighted by molar-refractivity contribution is 6.00. The predicted octanol–water partition coefficient (Wildman–Crippen LogP) is -0.134. The van der Waals surface area contributed by atoms with Crippen LogP contribution in [0.3, 0.4) is 0 Å². The lowest BCUT2D eigenvalue weighted by Gasteiger charge is -2.30. The molecule has 1 unspecified atom stereocenters. The van der Waals surface area contributed by atoms with E-state index in [2.05, 4.69) is 10.6 Å². The van der Waals surface area contributed by atoms with Crippen LogP contribution in [0, 0.1) is 5.82 Å². The van der Waals surface area contributed by atoms with Crippen LogP contribution in [0.15, 0.2) is 16.9 Å². The highest BCUT2D eigenvalue weighted by atomic mass is 19.1. The molecule has 26 heavy (non-hydrogen) atoms. The maximum atomic E-state index is 14.4. The molecule has 0 radical (unpaired) electrons. The lowest BCUT2D eigenvalue weighted by Crippen LogP contribution is -2.44. The molecule has 1 aromatic heterocycles. The van der Waals surface area contributed by atoms with Gasteiger partial charge >= 0.3 is 5.69 Å². The molecule has 0 bridgehead atoms. The molecule has 2 fully saturated rings. The van der Waals surface area contributed by atoms with Crippen molar-refractivity contribution in [1.82, 2.24) is 19.8 Å². The van der Waals surface area contributed by atoms with Gasteiger partial charge in [0.25, 0.3) is 0 Å². The number of nitrogens with one attached hydrogen (secondary N) is 2. The normalized spacial score (nSPS) is 21.3. The smallest absolute Gasteiger partial charge is 0.329 e. The van der Waals surface area contributed by atoms with Crippen molar-refractivity contribution in [2.24, 2.45) is 7.05 Å². The van der Waals surface area contributed by atoms with Gasteiger partial charge in [0.15, 0.2) is 0 Å². The highest BCUT2D eigenvalue weighted by Crippen LogP contribution is 2.31. The van der Waals surface area contributed by atoms with Crippen molar-refractivity contribution in [2.75, 3.05) is 31.1 Å². The standard InChI is InChI=1S/C17H20FN5O3/c1-21-15-12(22-6-4-19-5-7-22)8-10(18)9-13(15)23(17(21)26)11-2-3-14(24)20-16(11)25/h8-9,11,19H,2-7H2,1H3,(H,20,24,25). The molecule has 1 atom stereocenters. The van der Waals surface area contributed by atoms with Gasteiger partial charge in [0.05, 0.1) is 16.7 Å². The average molecular weight is 361 g/mol. The number of carbonyl (C=O) groups is 2. The Morgan fingerprint density at radius 2 is 1.88 bits per heavy atom. The van der Waals surface area contributed by atoms with E-state index in [9.17, 15) is 18.8 Å². The number of anilines is 1. The minimum Gasteiger partial charge on any atom is -0.367 e. The van der Waals surface area contributed by atoms with Crippen LogP contribution in [0.1, 0.15) is 18.9 Å². The van der Waals surface area contributed by atoms with Gasteiger partial charge in [-0.2, -0.15) is 0 Å². The summed E-state index contributed by atoms with van der Waals surface area (Å²) in [5.41, 5.74) is 1.23. The largest absolute Gasteiger partial charge is 0.367 e. The summed E-state index contributed by atoms with van der Waals surface area (Å²) in [5, 5.41) is 5.51. The van der Waals surface area contributed by atoms with Gasteiger partial charge in [-0.15, -0.1) is 0 Å². The van der Waals surface area contributed by atoms with Gasteiger partial charge in [0.1, 0.15) is 11.9 Å². The summed E-state index contributed by atoms with van der Waals surface area (Å²) in [5.74, 6) is -1.34. The summed E-state index contributed by atoms with van der Waals surface area (Å²) in [7, 11) is 1.62. The van der Waals surface area contributed by atoms with E-state index < -0.39 is 23.5 Å². The van der Waals surface area contributed by atoms with Crippen molar-refractivity contribution < 1.29 is 14.0 Å². The van der Waals surface area contributed by atoms with Gasteiger partial charge in [0.2, 0.25) is 11.8 Å². The van der Waals surface area contributed by atoms with Crippen molar-refractivity contribution in [1.29, 1.82) is 0 Å². The second-order valence-electron chi connectivity index (χ2n) is 6.71. The lowest BCUT2D eigenvalue weighted by molar-refractivity contribution is -0.135. The summed E-state index contributed by atoms with van der Waals surface area (Å²) in [6.07, 6.45) is 0.377. The maximum Gasteiger partial charge on any atom is 0.329 e. The lowest BCUT2D eigenvalue weighted by atomic mass is 10.1. The fraction of sp³-hybridized carbons (Fsp3) is 0.471. The number of hydrogen-bond donors (Lipinski definition) is 2. The number of amides is 2. The minimum atomic E-state index is -0.818. The molecule has 2 amide bonds. The number of imidazole rings is 1. The number of benzene rings is 1. The van der Waals surface area contributed by atoms with Crippen molar-refractivity contribution >= 4 is 28.5 Å². The maximum absolute atomic E-state index is 14.4. The second kappa shape index (κ2) is 6.24. The zero-order valence-corrected chi connectivity index (χ0v) is 14.4. The molecule has 1 aromatic carbocycles. The van der Waals surface area contributed by atoms with Crippen molar-refractivity contribution in [3.63, 3.8) is 0 Å². The van der Waals surface area contributed by atoms with Crippen LogP contribution in [-0.2, 0) is 16.6 Å². The van der Waals surface area contributed by atoms with E-state index >= 15 is 0 Å². The molecule has 2 aromatic rings. The van der Waals surface area contributed by atoms with E-state index in [-0.39, 0.29) is 18.7 Å². The first-order chi connectivity index (χ1) is 12.5. The number of rotatable bonds is 2. The molecule has 2 saturated heterocycles. The third kappa shape index (κ3) is 2.59. The molecule has 0 spiro atoms. The summed E-state index contributed by atoms with van der Waals surface area (Å²) < 4.78 is 17.1. The van der Waals surface area contributed by atoms with Crippen LogP contribution in [0.5, 0.6) is 0 Å². The number of nitrogens with zero attached hydrogens (tertiary/aromatic N) is 3. The first-order valence-corrected chi connectivity index (χ1v) is 8.67. The number of fused-ring (bicyclic) bond motifs is 1. The summed E-state index contributed by atoms with van der Waals surface area (Å²) >= 11 is 0. The number of halogens is 1. The van der Waals surface area contributed by atoms with E-state index in [1.54, 1.807) is 7.05 Å². The van der Waals surface area contributed by atoms with Crippen molar-refractivity contribution in [2.45, 2.75) is 18.9 Å². The Hall–Kier alpha value is -2.68. The quantitative estimate of drug-likeness (QED) is 0.728. The molecular weight excluding hydrogens is 341 g/mol. The van der Waals surface area contributed by atoms with Crippen LogP contribution in [0.2, 0.25) is 0 Å². The fourth-order valence-electron chi connectivity index (χ4n) is 3.83. The van der Waals surface area contributed by atoms with Crippen LogP contribution in [-0.4, -0.2) is 47.1 Å². The summed E-state index contributed by atoms with van der Waals surface area (Å²) in [6.45, 7) is 2.96. The third-order valence-corrected chi connectivity index (χ3v) is 5.10. The molecule has 0 aliphatic carbocycles.